The van der Waals surface area contributed by atoms with Crippen LogP contribution in [0, 0.1) is 6.92 Å². The van der Waals surface area contributed by atoms with E-state index in [0.717, 1.165) is 5.56 Å². The number of methoxy groups -OCH3 is 1. The van der Waals surface area contributed by atoms with Crippen molar-refractivity contribution in [2.45, 2.75) is 37.8 Å². The number of amides is 1. The van der Waals surface area contributed by atoms with Gasteiger partial charge in [-0.1, -0.05) is 29.8 Å². The number of aliphatic carboxylic acids is 1. The molecule has 3 atom stereocenters. The average molecular weight is 321 g/mol. The molecule has 1 heterocycles. The van der Waals surface area contributed by atoms with E-state index in [1.807, 2.05) is 19.1 Å². The summed E-state index contributed by atoms with van der Waals surface area (Å²) in [7, 11) is 1.60. The summed E-state index contributed by atoms with van der Waals surface area (Å²) in [5.74, 6) is -2.18. The Kier molecular flexibility index (Phi) is 6.12. The van der Waals surface area contributed by atoms with Crippen molar-refractivity contribution in [2.24, 2.45) is 0 Å². The Hall–Kier alpha value is -1.92. The number of carboxylic acid groups (broad SMARTS) is 1. The van der Waals surface area contributed by atoms with Crippen molar-refractivity contribution in [1.82, 2.24) is 5.32 Å². The molecule has 6 heteroatoms. The van der Waals surface area contributed by atoms with Gasteiger partial charge < -0.3 is 19.9 Å². The number of hydrogen-bond donors (Lipinski definition) is 2. The topological polar surface area (TPSA) is 84.9 Å². The van der Waals surface area contributed by atoms with Gasteiger partial charge in [0, 0.05) is 20.1 Å². The van der Waals surface area contributed by atoms with Crippen molar-refractivity contribution in [2.75, 3.05) is 20.3 Å². The minimum absolute atomic E-state index is 0.102. The van der Waals surface area contributed by atoms with Crippen LogP contribution in [0.3, 0.4) is 0 Å². The minimum atomic E-state index is -1.01. The van der Waals surface area contributed by atoms with Crippen molar-refractivity contribution < 1.29 is 24.2 Å². The van der Waals surface area contributed by atoms with Crippen LogP contribution in [-0.4, -0.2) is 49.5 Å². The van der Waals surface area contributed by atoms with E-state index >= 15 is 0 Å². The van der Waals surface area contributed by atoms with Crippen molar-refractivity contribution >= 4 is 11.9 Å². The van der Waals surface area contributed by atoms with Crippen molar-refractivity contribution in [3.8, 4) is 0 Å². The summed E-state index contributed by atoms with van der Waals surface area (Å²) in [6.45, 7) is 2.92. The molecule has 1 unspecified atom stereocenters. The Morgan fingerprint density at radius 3 is 2.70 bits per heavy atom. The van der Waals surface area contributed by atoms with Gasteiger partial charge in [-0.3, -0.25) is 9.59 Å². The Balaban J connectivity index is 2.00. The number of carbonyl (C=O) groups excluding carboxylic acids is 1. The molecule has 2 rings (SSSR count). The Morgan fingerprint density at radius 1 is 1.39 bits per heavy atom. The number of carboxylic acids is 1. The highest BCUT2D eigenvalue weighted by atomic mass is 16.5. The number of ether oxygens (including phenoxy) is 2. The number of aryl methyl sites for hydroxylation is 1. The van der Waals surface area contributed by atoms with E-state index in [1.165, 1.54) is 0 Å². The number of hydrogen-bond acceptors (Lipinski definition) is 4. The van der Waals surface area contributed by atoms with Crippen LogP contribution in [0.5, 0.6) is 0 Å². The van der Waals surface area contributed by atoms with Crippen LogP contribution in [0.25, 0.3) is 0 Å². The molecule has 1 aliphatic rings. The maximum absolute atomic E-state index is 12.2. The molecule has 1 aromatic carbocycles. The van der Waals surface area contributed by atoms with Gasteiger partial charge in [-0.25, -0.2) is 0 Å². The highest BCUT2D eigenvalue weighted by molar-refractivity contribution is 5.85. The highest BCUT2D eigenvalue weighted by Gasteiger charge is 2.29. The van der Waals surface area contributed by atoms with E-state index in [4.69, 9.17) is 9.47 Å². The first-order valence-electron chi connectivity index (χ1n) is 7.70. The first-order chi connectivity index (χ1) is 11.0. The molecule has 1 aromatic rings. The molecule has 1 aliphatic heterocycles. The zero-order valence-corrected chi connectivity index (χ0v) is 13.5. The van der Waals surface area contributed by atoms with Crippen molar-refractivity contribution in [3.05, 3.63) is 35.4 Å². The van der Waals surface area contributed by atoms with Crippen molar-refractivity contribution in [1.29, 1.82) is 0 Å². The molecule has 1 amide bonds. The van der Waals surface area contributed by atoms with Crippen LogP contribution in [0.4, 0.5) is 0 Å². The Labute approximate surface area is 135 Å². The van der Waals surface area contributed by atoms with Gasteiger partial charge in [-0.15, -0.1) is 0 Å². The molecule has 2 N–H and O–H groups in total. The molecule has 1 fully saturated rings. The lowest BCUT2D eigenvalue weighted by atomic mass is 9.94. The molecule has 23 heavy (non-hydrogen) atoms. The Bertz CT molecular complexity index is 542. The SMILES string of the molecule is CO[C@@H]1CCOC[C@H]1NC(=O)CC(C(=O)O)c1ccc(C)cc1. The van der Waals surface area contributed by atoms with Gasteiger partial charge in [0.1, 0.15) is 0 Å². The standard InChI is InChI=1S/C17H23NO5/c1-11-3-5-12(6-4-11)13(17(20)21)9-16(19)18-14-10-23-8-7-15(14)22-2/h3-6,13-15H,7-10H2,1-2H3,(H,18,19)(H,20,21)/t13?,14-,15-/m1/s1. The number of benzene rings is 1. The third-order valence-electron chi connectivity index (χ3n) is 4.11. The van der Waals surface area contributed by atoms with Gasteiger partial charge in [-0.2, -0.15) is 0 Å². The third-order valence-corrected chi connectivity index (χ3v) is 4.11. The second-order valence-corrected chi connectivity index (χ2v) is 5.82. The van der Waals surface area contributed by atoms with E-state index in [1.54, 1.807) is 19.2 Å². The molecule has 0 spiro atoms. The van der Waals surface area contributed by atoms with E-state index < -0.39 is 11.9 Å². The molecule has 0 aliphatic carbocycles. The first-order valence-corrected chi connectivity index (χ1v) is 7.70. The smallest absolute Gasteiger partial charge is 0.311 e. The second kappa shape index (κ2) is 8.08. The highest BCUT2D eigenvalue weighted by Crippen LogP contribution is 2.21. The summed E-state index contributed by atoms with van der Waals surface area (Å²) in [6.07, 6.45) is 0.503. The fourth-order valence-electron chi connectivity index (χ4n) is 2.73. The zero-order valence-electron chi connectivity index (χ0n) is 13.5. The van der Waals surface area contributed by atoms with E-state index in [9.17, 15) is 14.7 Å². The van der Waals surface area contributed by atoms with Crippen LogP contribution in [0.2, 0.25) is 0 Å². The lowest BCUT2D eigenvalue weighted by Gasteiger charge is -2.31. The molecule has 6 nitrogen and oxygen atoms in total. The first kappa shape index (κ1) is 17.4. The number of carbonyl (C=O) groups is 2. The molecular formula is C17H23NO5. The molecule has 126 valence electrons. The normalized spacial score (nSPS) is 22.3. The van der Waals surface area contributed by atoms with Crippen LogP contribution in [0.15, 0.2) is 24.3 Å². The van der Waals surface area contributed by atoms with Crippen LogP contribution in [-0.2, 0) is 19.1 Å². The maximum Gasteiger partial charge on any atom is 0.311 e. The summed E-state index contributed by atoms with van der Waals surface area (Å²) in [5, 5.41) is 12.3. The van der Waals surface area contributed by atoms with E-state index in [-0.39, 0.29) is 24.5 Å². The summed E-state index contributed by atoms with van der Waals surface area (Å²) < 4.78 is 10.7. The fourth-order valence-corrected chi connectivity index (χ4v) is 2.73. The van der Waals surface area contributed by atoms with Crippen molar-refractivity contribution in [3.63, 3.8) is 0 Å². The maximum atomic E-state index is 12.2. The second-order valence-electron chi connectivity index (χ2n) is 5.82. The zero-order chi connectivity index (χ0) is 16.8. The van der Waals surface area contributed by atoms with E-state index in [0.29, 0.717) is 25.2 Å². The quantitative estimate of drug-likeness (QED) is 0.829. The number of nitrogens with one attached hydrogen (secondary N) is 1. The summed E-state index contributed by atoms with van der Waals surface area (Å²) >= 11 is 0. The fraction of sp³-hybridized carbons (Fsp3) is 0.529. The largest absolute Gasteiger partial charge is 0.481 e. The Morgan fingerprint density at radius 2 is 2.09 bits per heavy atom. The van der Waals surface area contributed by atoms with Gasteiger partial charge in [0.25, 0.3) is 0 Å². The molecular weight excluding hydrogens is 298 g/mol. The molecule has 1 saturated heterocycles. The lowest BCUT2D eigenvalue weighted by molar-refractivity contribution is -0.141. The van der Waals surface area contributed by atoms with Gasteiger partial charge in [0.2, 0.25) is 5.91 Å². The van der Waals surface area contributed by atoms with Gasteiger partial charge >= 0.3 is 5.97 Å². The van der Waals surface area contributed by atoms with E-state index in [2.05, 4.69) is 5.32 Å². The third kappa shape index (κ3) is 4.77. The molecule has 0 radical (unpaired) electrons. The summed E-state index contributed by atoms with van der Waals surface area (Å²) in [4.78, 5) is 23.7. The predicted molar refractivity (Wildman–Crippen MR) is 84.3 cm³/mol. The molecule has 0 saturated carbocycles. The lowest BCUT2D eigenvalue weighted by Crippen LogP contribution is -2.50. The van der Waals surface area contributed by atoms with Gasteiger partial charge in [0.15, 0.2) is 0 Å². The average Bonchev–Trinajstić information content (AvgIpc) is 2.54. The van der Waals surface area contributed by atoms with Crippen LogP contribution in [0.1, 0.15) is 29.9 Å². The molecule has 0 aromatic heterocycles. The predicted octanol–water partition coefficient (Wildman–Crippen LogP) is 1.47. The van der Waals surface area contributed by atoms with Crippen LogP contribution < -0.4 is 5.32 Å². The summed E-state index contributed by atoms with van der Waals surface area (Å²) in [6, 6.07) is 6.96. The van der Waals surface area contributed by atoms with Crippen LogP contribution >= 0.6 is 0 Å². The van der Waals surface area contributed by atoms with Gasteiger partial charge in [0.05, 0.1) is 24.7 Å². The number of rotatable bonds is 6. The summed E-state index contributed by atoms with van der Waals surface area (Å²) in [5.41, 5.74) is 1.67. The molecule has 0 bridgehead atoms. The van der Waals surface area contributed by atoms with Gasteiger partial charge in [-0.05, 0) is 18.9 Å². The minimum Gasteiger partial charge on any atom is -0.481 e. The monoisotopic (exact) mass is 321 g/mol.